The number of hydrogen-bond donors (Lipinski definition) is 2. The predicted octanol–water partition coefficient (Wildman–Crippen LogP) is 5.41. The monoisotopic (exact) mass is 487 g/mol. The van der Waals surface area contributed by atoms with E-state index in [1.807, 2.05) is 44.2 Å². The molecule has 1 aromatic carbocycles. The zero-order valence-corrected chi connectivity index (χ0v) is 20.5. The van der Waals surface area contributed by atoms with Crippen LogP contribution in [-0.4, -0.2) is 13.5 Å². The molecule has 1 atom stereocenters. The molecule has 2 heterocycles. The minimum atomic E-state index is -3.98. The molecule has 0 radical (unpaired) electrons. The van der Waals surface area contributed by atoms with Crippen LogP contribution in [0.2, 0.25) is 0 Å². The van der Waals surface area contributed by atoms with Crippen LogP contribution >= 0.6 is 11.3 Å². The maximum absolute atomic E-state index is 13.5. The highest BCUT2D eigenvalue weighted by atomic mass is 32.2. The number of hydrogen-bond acceptors (Lipinski definition) is 6. The fraction of sp³-hybridized carbons (Fsp3) is 0.400. The van der Waals surface area contributed by atoms with Crippen LogP contribution in [-0.2, 0) is 22.9 Å². The molecule has 2 aromatic heterocycles. The van der Waals surface area contributed by atoms with Gasteiger partial charge in [-0.2, -0.15) is 0 Å². The molecule has 0 aliphatic heterocycles. The molecule has 0 saturated heterocycles. The normalized spacial score (nSPS) is 15.6. The molecule has 176 valence electrons. The Morgan fingerprint density at radius 3 is 2.42 bits per heavy atom. The van der Waals surface area contributed by atoms with Crippen LogP contribution < -0.4 is 10.3 Å². The fourth-order valence-electron chi connectivity index (χ4n) is 4.38. The summed E-state index contributed by atoms with van der Waals surface area (Å²) in [5, 5.41) is 12.9. The molecule has 0 amide bonds. The summed E-state index contributed by atoms with van der Waals surface area (Å²) in [7, 11) is -3.98. The third kappa shape index (κ3) is 4.93. The summed E-state index contributed by atoms with van der Waals surface area (Å²) in [5.74, 6) is 0.107. The molecular weight excluding hydrogens is 458 g/mol. The average molecular weight is 488 g/mol. The standard InChI is InChI=1S/C25H29NO5S2/c1-16(2)22(21-23(27)19-12-8-3-4-9-13-20(19)31-24(21)28)26-33(29,30)25-18(14-15-32-25)17-10-6-5-7-11-17/h5-7,10-11,14-16,22,26-27H,3-4,8-9,12-13H2,1-2H3. The lowest BCUT2D eigenvalue weighted by Gasteiger charge is -2.24. The Hall–Kier alpha value is -2.42. The van der Waals surface area contributed by atoms with Crippen LogP contribution in [0.3, 0.4) is 0 Å². The Morgan fingerprint density at radius 1 is 1.03 bits per heavy atom. The minimum Gasteiger partial charge on any atom is -0.507 e. The Labute approximate surface area is 198 Å². The summed E-state index contributed by atoms with van der Waals surface area (Å²) in [4.78, 5) is 13.0. The Kier molecular flexibility index (Phi) is 7.07. The lowest BCUT2D eigenvalue weighted by atomic mass is 9.92. The number of fused-ring (bicyclic) bond motifs is 1. The van der Waals surface area contributed by atoms with Gasteiger partial charge in [-0.3, -0.25) is 0 Å². The van der Waals surface area contributed by atoms with Crippen LogP contribution in [0.4, 0.5) is 0 Å². The van der Waals surface area contributed by atoms with Gasteiger partial charge in [0.15, 0.2) is 0 Å². The summed E-state index contributed by atoms with van der Waals surface area (Å²) in [5.41, 5.74) is 1.34. The molecule has 2 N–H and O–H groups in total. The molecule has 33 heavy (non-hydrogen) atoms. The van der Waals surface area contributed by atoms with Crippen molar-refractivity contribution in [3.8, 4) is 16.9 Å². The Balaban J connectivity index is 1.75. The summed E-state index contributed by atoms with van der Waals surface area (Å²) in [6.45, 7) is 3.63. The van der Waals surface area contributed by atoms with Crippen molar-refractivity contribution in [2.24, 2.45) is 5.92 Å². The number of aryl methyl sites for hydroxylation is 1. The van der Waals surface area contributed by atoms with Gasteiger partial charge < -0.3 is 9.52 Å². The highest BCUT2D eigenvalue weighted by Crippen LogP contribution is 2.37. The van der Waals surface area contributed by atoms with Crippen molar-refractivity contribution in [1.29, 1.82) is 0 Å². The number of aromatic hydroxyl groups is 1. The smallest absolute Gasteiger partial charge is 0.344 e. The van der Waals surface area contributed by atoms with Gasteiger partial charge in [0.2, 0.25) is 0 Å². The summed E-state index contributed by atoms with van der Waals surface area (Å²) in [6, 6.07) is 10.2. The molecule has 6 nitrogen and oxygen atoms in total. The van der Waals surface area contributed by atoms with Crippen molar-refractivity contribution in [1.82, 2.24) is 4.72 Å². The molecule has 0 spiro atoms. The van der Waals surface area contributed by atoms with Crippen molar-refractivity contribution in [2.75, 3.05) is 0 Å². The molecular formula is C25H29NO5S2. The SMILES string of the molecule is CC(C)C(NS(=O)(=O)c1sccc1-c1ccccc1)c1c(O)c2c(oc1=O)CCCCCC2. The van der Waals surface area contributed by atoms with Gasteiger partial charge in [-0.1, -0.05) is 57.0 Å². The van der Waals surface area contributed by atoms with Gasteiger partial charge in [-0.05, 0) is 42.2 Å². The van der Waals surface area contributed by atoms with Gasteiger partial charge in [-0.15, -0.1) is 11.3 Å². The molecule has 0 bridgehead atoms. The average Bonchev–Trinajstić information content (AvgIpc) is 3.26. The van der Waals surface area contributed by atoms with Crippen LogP contribution in [0.25, 0.3) is 11.1 Å². The van der Waals surface area contributed by atoms with E-state index in [0.29, 0.717) is 29.7 Å². The summed E-state index contributed by atoms with van der Waals surface area (Å²) >= 11 is 1.12. The molecule has 1 unspecified atom stereocenters. The molecule has 3 aromatic rings. The predicted molar refractivity (Wildman–Crippen MR) is 130 cm³/mol. The van der Waals surface area contributed by atoms with Gasteiger partial charge in [0.25, 0.3) is 10.0 Å². The second-order valence-corrected chi connectivity index (χ2v) is 11.6. The van der Waals surface area contributed by atoms with Gasteiger partial charge in [-0.25, -0.2) is 17.9 Å². The van der Waals surface area contributed by atoms with Crippen LogP contribution in [0, 0.1) is 5.92 Å². The van der Waals surface area contributed by atoms with E-state index < -0.39 is 21.7 Å². The molecule has 4 rings (SSSR count). The van der Waals surface area contributed by atoms with Crippen LogP contribution in [0.15, 0.2) is 55.2 Å². The fourth-order valence-corrected chi connectivity index (χ4v) is 7.14. The van der Waals surface area contributed by atoms with Crippen LogP contribution in [0.1, 0.15) is 62.5 Å². The van der Waals surface area contributed by atoms with Crippen molar-refractivity contribution in [3.05, 3.63) is 69.1 Å². The topological polar surface area (TPSA) is 96.6 Å². The number of sulfonamides is 1. The molecule has 8 heteroatoms. The second-order valence-electron chi connectivity index (χ2n) is 8.80. The van der Waals surface area contributed by atoms with E-state index in [1.165, 1.54) is 0 Å². The first kappa shape index (κ1) is 23.7. The van der Waals surface area contributed by atoms with Gasteiger partial charge >= 0.3 is 5.63 Å². The van der Waals surface area contributed by atoms with Gasteiger partial charge in [0, 0.05) is 17.5 Å². The quantitative estimate of drug-likeness (QED) is 0.485. The molecule has 0 saturated carbocycles. The zero-order valence-electron chi connectivity index (χ0n) is 18.8. The third-order valence-electron chi connectivity index (χ3n) is 6.11. The molecule has 1 aliphatic carbocycles. The van der Waals surface area contributed by atoms with E-state index in [9.17, 15) is 18.3 Å². The second kappa shape index (κ2) is 9.83. The van der Waals surface area contributed by atoms with E-state index in [2.05, 4.69) is 4.72 Å². The van der Waals surface area contributed by atoms with E-state index in [1.54, 1.807) is 11.4 Å². The van der Waals surface area contributed by atoms with E-state index in [-0.39, 0.29) is 21.4 Å². The number of thiophene rings is 1. The first-order chi connectivity index (χ1) is 15.8. The van der Waals surface area contributed by atoms with Crippen molar-refractivity contribution >= 4 is 21.4 Å². The number of benzene rings is 1. The van der Waals surface area contributed by atoms with E-state index in [4.69, 9.17) is 4.42 Å². The summed E-state index contributed by atoms with van der Waals surface area (Å²) in [6.07, 6.45) is 5.11. The molecule has 1 aliphatic rings. The van der Waals surface area contributed by atoms with Crippen molar-refractivity contribution < 1.29 is 17.9 Å². The zero-order chi connectivity index (χ0) is 23.6. The first-order valence-corrected chi connectivity index (χ1v) is 13.7. The van der Waals surface area contributed by atoms with Crippen LogP contribution in [0.5, 0.6) is 5.75 Å². The van der Waals surface area contributed by atoms with E-state index >= 15 is 0 Å². The third-order valence-corrected chi connectivity index (χ3v) is 9.04. The summed E-state index contributed by atoms with van der Waals surface area (Å²) < 4.78 is 35.4. The Morgan fingerprint density at radius 2 is 1.73 bits per heavy atom. The maximum Gasteiger partial charge on any atom is 0.344 e. The molecule has 0 fully saturated rings. The highest BCUT2D eigenvalue weighted by molar-refractivity contribution is 7.91. The van der Waals surface area contributed by atoms with Crippen molar-refractivity contribution in [3.63, 3.8) is 0 Å². The first-order valence-electron chi connectivity index (χ1n) is 11.3. The number of rotatable bonds is 6. The lowest BCUT2D eigenvalue weighted by molar-refractivity contribution is 0.361. The lowest BCUT2D eigenvalue weighted by Crippen LogP contribution is -2.35. The largest absolute Gasteiger partial charge is 0.507 e. The van der Waals surface area contributed by atoms with Gasteiger partial charge in [0.1, 0.15) is 15.7 Å². The maximum atomic E-state index is 13.5. The number of nitrogens with one attached hydrogen (secondary N) is 1. The van der Waals surface area contributed by atoms with E-state index in [0.717, 1.165) is 42.6 Å². The Bertz CT molecular complexity index is 1280. The van der Waals surface area contributed by atoms with Crippen molar-refractivity contribution in [2.45, 2.75) is 62.6 Å². The van der Waals surface area contributed by atoms with Gasteiger partial charge in [0.05, 0.1) is 11.6 Å². The minimum absolute atomic E-state index is 0.00860. The highest BCUT2D eigenvalue weighted by Gasteiger charge is 2.33.